The molecule has 4 nitrogen and oxygen atoms in total. The van der Waals surface area contributed by atoms with Crippen LogP contribution in [0.15, 0.2) is 77.3 Å². The third-order valence-corrected chi connectivity index (χ3v) is 7.35. The van der Waals surface area contributed by atoms with Gasteiger partial charge in [-0.3, -0.25) is 14.5 Å². The molecule has 0 radical (unpaired) electrons. The monoisotopic (exact) mass is 482 g/mol. The minimum Gasteiger partial charge on any atom is -0.304 e. The summed E-state index contributed by atoms with van der Waals surface area (Å²) in [5.41, 5.74) is 2.55. The fourth-order valence-corrected chi connectivity index (χ4v) is 5.72. The zero-order valence-corrected chi connectivity index (χ0v) is 18.1. The molecule has 0 saturated carbocycles. The Morgan fingerprint density at radius 3 is 2.43 bits per heavy atom. The molecular formula is C23H16BrFN2O2S. The van der Waals surface area contributed by atoms with Crippen LogP contribution in [0, 0.1) is 5.82 Å². The van der Waals surface area contributed by atoms with Crippen LogP contribution in [0.2, 0.25) is 0 Å². The predicted octanol–water partition coefficient (Wildman–Crippen LogP) is 5.07. The van der Waals surface area contributed by atoms with Gasteiger partial charge in [-0.2, -0.15) is 0 Å². The van der Waals surface area contributed by atoms with Gasteiger partial charge in [0.25, 0.3) is 5.91 Å². The molecule has 0 aromatic heterocycles. The molecule has 1 saturated heterocycles. The van der Waals surface area contributed by atoms with E-state index in [1.807, 2.05) is 48.5 Å². The summed E-state index contributed by atoms with van der Waals surface area (Å²) in [5.74, 6) is -0.517. The highest BCUT2D eigenvalue weighted by Gasteiger charge is 2.60. The molecule has 1 atom stereocenters. The van der Waals surface area contributed by atoms with Crippen LogP contribution in [0.3, 0.4) is 0 Å². The fraction of sp³-hybridized carbons (Fsp3) is 0.130. The van der Waals surface area contributed by atoms with E-state index in [1.165, 1.54) is 17.8 Å². The van der Waals surface area contributed by atoms with E-state index in [2.05, 4.69) is 15.9 Å². The lowest BCUT2D eigenvalue weighted by Crippen LogP contribution is -2.49. The number of fused-ring (bicyclic) bond motifs is 2. The Balaban J connectivity index is 1.65. The summed E-state index contributed by atoms with van der Waals surface area (Å²) in [7, 11) is 0. The van der Waals surface area contributed by atoms with E-state index in [9.17, 15) is 14.0 Å². The van der Waals surface area contributed by atoms with Crippen LogP contribution < -0.4 is 9.80 Å². The van der Waals surface area contributed by atoms with Gasteiger partial charge in [0.15, 0.2) is 0 Å². The van der Waals surface area contributed by atoms with Gasteiger partial charge in [-0.15, -0.1) is 11.8 Å². The summed E-state index contributed by atoms with van der Waals surface area (Å²) in [6, 6.07) is 21.2. The van der Waals surface area contributed by atoms with Gasteiger partial charge in [-0.05, 0) is 36.4 Å². The Morgan fingerprint density at radius 1 is 0.967 bits per heavy atom. The van der Waals surface area contributed by atoms with Gasteiger partial charge in [0.2, 0.25) is 10.8 Å². The summed E-state index contributed by atoms with van der Waals surface area (Å²) in [4.78, 5) is 28.8. The molecule has 150 valence electrons. The maximum absolute atomic E-state index is 14.3. The number of halogens is 2. The number of amides is 2. The van der Waals surface area contributed by atoms with Crippen molar-refractivity contribution < 1.29 is 14.0 Å². The van der Waals surface area contributed by atoms with Gasteiger partial charge >= 0.3 is 0 Å². The van der Waals surface area contributed by atoms with Crippen LogP contribution in [0.4, 0.5) is 15.8 Å². The maximum Gasteiger partial charge on any atom is 0.269 e. The Labute approximate surface area is 185 Å². The van der Waals surface area contributed by atoms with Gasteiger partial charge in [-0.25, -0.2) is 4.39 Å². The third kappa shape index (κ3) is 2.80. The van der Waals surface area contributed by atoms with Crippen molar-refractivity contribution in [2.45, 2.75) is 11.4 Å². The highest BCUT2D eigenvalue weighted by atomic mass is 79.9. The van der Waals surface area contributed by atoms with E-state index in [1.54, 1.807) is 28.0 Å². The summed E-state index contributed by atoms with van der Waals surface area (Å²) in [5, 5.41) is 0. The molecule has 1 fully saturated rings. The van der Waals surface area contributed by atoms with E-state index in [0.717, 1.165) is 10.0 Å². The molecule has 0 aliphatic carbocycles. The van der Waals surface area contributed by atoms with Crippen molar-refractivity contribution >= 4 is 50.9 Å². The number of nitrogens with zero attached hydrogens (tertiary/aromatic N) is 2. The molecule has 2 aliphatic rings. The highest BCUT2D eigenvalue weighted by molar-refractivity contribution is 9.10. The Bertz CT molecular complexity index is 1170. The number of carbonyl (C=O) groups is 2. The van der Waals surface area contributed by atoms with Crippen molar-refractivity contribution in [1.82, 2.24) is 0 Å². The minimum atomic E-state index is -1.19. The molecule has 7 heteroatoms. The first-order chi connectivity index (χ1) is 14.5. The van der Waals surface area contributed by atoms with Crippen molar-refractivity contribution in [3.63, 3.8) is 0 Å². The summed E-state index contributed by atoms with van der Waals surface area (Å²) >= 11 is 4.73. The second-order valence-electron chi connectivity index (χ2n) is 7.14. The summed E-state index contributed by atoms with van der Waals surface area (Å²) in [6.07, 6.45) is 0. The van der Waals surface area contributed by atoms with Crippen molar-refractivity contribution in [2.24, 2.45) is 0 Å². The number of hydrogen-bond donors (Lipinski definition) is 0. The first kappa shape index (κ1) is 19.3. The number of thioether (sulfide) groups is 1. The fourth-order valence-electron chi connectivity index (χ4n) is 4.10. The number of anilines is 2. The largest absolute Gasteiger partial charge is 0.304 e. The highest BCUT2D eigenvalue weighted by Crippen LogP contribution is 2.56. The van der Waals surface area contributed by atoms with E-state index in [4.69, 9.17) is 0 Å². The van der Waals surface area contributed by atoms with Gasteiger partial charge in [0.05, 0.1) is 18.0 Å². The molecule has 0 unspecified atom stereocenters. The molecule has 3 aromatic carbocycles. The van der Waals surface area contributed by atoms with Gasteiger partial charge in [0.1, 0.15) is 5.82 Å². The molecule has 0 N–H and O–H groups in total. The zero-order chi connectivity index (χ0) is 20.9. The average Bonchev–Trinajstić information content (AvgIpc) is 3.22. The second kappa shape index (κ2) is 7.25. The van der Waals surface area contributed by atoms with Crippen LogP contribution in [0.5, 0.6) is 0 Å². The standard InChI is InChI=1S/C23H16BrFN2O2S/c24-16-9-11-17(12-10-16)27-21(28)14-30-23(27)18-6-2-4-8-20(18)26(22(23)29)13-15-5-1-3-7-19(15)25/h1-12H,13-14H2/t23-/m1/s1. The molecule has 2 amide bonds. The molecule has 30 heavy (non-hydrogen) atoms. The van der Waals surface area contributed by atoms with Crippen molar-refractivity contribution in [2.75, 3.05) is 15.6 Å². The van der Waals surface area contributed by atoms with Crippen LogP contribution in [-0.4, -0.2) is 17.6 Å². The smallest absolute Gasteiger partial charge is 0.269 e. The third-order valence-electron chi connectivity index (χ3n) is 5.43. The number of para-hydroxylation sites is 1. The average molecular weight is 483 g/mol. The maximum atomic E-state index is 14.3. The van der Waals surface area contributed by atoms with E-state index < -0.39 is 4.87 Å². The summed E-state index contributed by atoms with van der Waals surface area (Å²) in [6.45, 7) is 0.104. The predicted molar refractivity (Wildman–Crippen MR) is 120 cm³/mol. The van der Waals surface area contributed by atoms with Crippen molar-refractivity contribution in [3.8, 4) is 0 Å². The molecular weight excluding hydrogens is 467 g/mol. The second-order valence-corrected chi connectivity index (χ2v) is 9.22. The topological polar surface area (TPSA) is 40.6 Å². The number of carbonyl (C=O) groups excluding carboxylic acids is 2. The van der Waals surface area contributed by atoms with Crippen molar-refractivity contribution in [3.05, 3.63) is 94.2 Å². The quantitative estimate of drug-likeness (QED) is 0.523. The van der Waals surface area contributed by atoms with E-state index in [0.29, 0.717) is 16.9 Å². The van der Waals surface area contributed by atoms with Crippen LogP contribution in [0.1, 0.15) is 11.1 Å². The van der Waals surface area contributed by atoms with Crippen LogP contribution in [0.25, 0.3) is 0 Å². The Hall–Kier alpha value is -2.64. The molecule has 3 aromatic rings. The lowest BCUT2D eigenvalue weighted by Gasteiger charge is -2.33. The number of rotatable bonds is 3. The first-order valence-corrected chi connectivity index (χ1v) is 11.2. The Morgan fingerprint density at radius 2 is 1.67 bits per heavy atom. The van der Waals surface area contributed by atoms with Gasteiger partial charge < -0.3 is 4.90 Å². The molecule has 0 bridgehead atoms. The lowest BCUT2D eigenvalue weighted by atomic mass is 10.0. The van der Waals surface area contributed by atoms with Crippen molar-refractivity contribution in [1.29, 1.82) is 0 Å². The summed E-state index contributed by atoms with van der Waals surface area (Å²) < 4.78 is 15.2. The van der Waals surface area contributed by atoms with E-state index in [-0.39, 0.29) is 29.9 Å². The molecule has 2 aliphatic heterocycles. The minimum absolute atomic E-state index is 0.104. The molecule has 2 heterocycles. The molecule has 1 spiro atoms. The van der Waals surface area contributed by atoms with Gasteiger partial charge in [0, 0.05) is 21.3 Å². The van der Waals surface area contributed by atoms with Crippen LogP contribution in [-0.2, 0) is 21.0 Å². The lowest BCUT2D eigenvalue weighted by molar-refractivity contribution is -0.123. The van der Waals surface area contributed by atoms with E-state index >= 15 is 0 Å². The SMILES string of the molecule is O=C1CS[C@]2(C(=O)N(Cc3ccccc3F)c3ccccc32)N1c1ccc(Br)cc1. The first-order valence-electron chi connectivity index (χ1n) is 9.40. The molecule has 5 rings (SSSR count). The number of hydrogen-bond acceptors (Lipinski definition) is 3. The number of benzene rings is 3. The Kier molecular flexibility index (Phi) is 4.67. The normalized spacial score (nSPS) is 20.3. The van der Waals surface area contributed by atoms with Gasteiger partial charge in [-0.1, -0.05) is 52.3 Å². The zero-order valence-electron chi connectivity index (χ0n) is 15.7. The van der Waals surface area contributed by atoms with Crippen LogP contribution >= 0.6 is 27.7 Å².